The van der Waals surface area contributed by atoms with E-state index in [2.05, 4.69) is 17.5 Å². The number of esters is 1. The number of ether oxygens (including phenoxy) is 2. The number of amides is 1. The van der Waals surface area contributed by atoms with Gasteiger partial charge in [-0.05, 0) is 60.0 Å². The highest BCUT2D eigenvalue weighted by atomic mass is 16.5. The molecule has 0 saturated carbocycles. The Bertz CT molecular complexity index is 1380. The molecule has 1 amide bonds. The summed E-state index contributed by atoms with van der Waals surface area (Å²) >= 11 is 0. The van der Waals surface area contributed by atoms with E-state index in [1.54, 1.807) is 18.2 Å². The fourth-order valence-corrected chi connectivity index (χ4v) is 3.60. The molecular formula is C29H26N2O4. The maximum Gasteiger partial charge on any atom is 0.343 e. The second-order valence-electron chi connectivity index (χ2n) is 8.04. The number of hydrogen-bond donors (Lipinski definition) is 1. The van der Waals surface area contributed by atoms with Gasteiger partial charge in [-0.2, -0.15) is 5.10 Å². The number of aryl methyl sites for hydroxylation is 2. The molecule has 0 atom stereocenters. The Morgan fingerprint density at radius 3 is 2.51 bits per heavy atom. The Kier molecular flexibility index (Phi) is 7.53. The number of fused-ring (bicyclic) bond motifs is 1. The fraction of sp³-hybridized carbons (Fsp3) is 0.138. The SMILES string of the molecule is CCc1ccc(OCC(=O)NN=Cc2c(OC(=O)c3cccc(C)c3)ccc3ccccc23)cc1. The van der Waals surface area contributed by atoms with Crippen molar-refractivity contribution in [1.82, 2.24) is 5.43 Å². The van der Waals surface area contributed by atoms with Crippen LogP contribution in [-0.2, 0) is 11.2 Å². The minimum absolute atomic E-state index is 0.173. The topological polar surface area (TPSA) is 77.0 Å². The lowest BCUT2D eigenvalue weighted by molar-refractivity contribution is -0.123. The quantitative estimate of drug-likeness (QED) is 0.162. The second-order valence-corrected chi connectivity index (χ2v) is 8.04. The first-order valence-corrected chi connectivity index (χ1v) is 11.4. The van der Waals surface area contributed by atoms with E-state index in [1.807, 2.05) is 73.7 Å². The lowest BCUT2D eigenvalue weighted by Crippen LogP contribution is -2.24. The van der Waals surface area contributed by atoms with Crippen LogP contribution in [0.1, 0.15) is 34.0 Å². The average Bonchev–Trinajstić information content (AvgIpc) is 2.88. The van der Waals surface area contributed by atoms with E-state index in [4.69, 9.17) is 9.47 Å². The van der Waals surface area contributed by atoms with Crippen LogP contribution in [0.2, 0.25) is 0 Å². The number of carbonyl (C=O) groups excluding carboxylic acids is 2. The van der Waals surface area contributed by atoms with Crippen LogP contribution in [0, 0.1) is 6.92 Å². The first kappa shape index (κ1) is 23.7. The summed E-state index contributed by atoms with van der Waals surface area (Å²) in [6, 6.07) is 26.1. The van der Waals surface area contributed by atoms with E-state index in [-0.39, 0.29) is 6.61 Å². The molecule has 4 rings (SSSR count). The van der Waals surface area contributed by atoms with Crippen molar-refractivity contribution in [3.8, 4) is 11.5 Å². The Hall–Kier alpha value is -4.45. The number of hydrogen-bond acceptors (Lipinski definition) is 5. The van der Waals surface area contributed by atoms with Crippen LogP contribution in [0.25, 0.3) is 10.8 Å². The Labute approximate surface area is 204 Å². The van der Waals surface area contributed by atoms with Gasteiger partial charge < -0.3 is 9.47 Å². The molecule has 6 heteroatoms. The van der Waals surface area contributed by atoms with Gasteiger partial charge in [0.2, 0.25) is 0 Å². The molecule has 6 nitrogen and oxygen atoms in total. The molecule has 4 aromatic rings. The summed E-state index contributed by atoms with van der Waals surface area (Å²) in [5.41, 5.74) is 5.67. The molecule has 0 aliphatic rings. The summed E-state index contributed by atoms with van der Waals surface area (Å²) in [5.74, 6) is 0.0886. The van der Waals surface area contributed by atoms with Crippen LogP contribution in [0.15, 0.2) is 90.0 Å². The molecule has 0 aliphatic heterocycles. The molecule has 0 aliphatic carbocycles. The molecule has 0 saturated heterocycles. The van der Waals surface area contributed by atoms with Crippen molar-refractivity contribution in [1.29, 1.82) is 0 Å². The van der Waals surface area contributed by atoms with Gasteiger partial charge in [-0.1, -0.05) is 67.1 Å². The molecule has 0 radical (unpaired) electrons. The largest absolute Gasteiger partial charge is 0.484 e. The zero-order valence-electron chi connectivity index (χ0n) is 19.7. The van der Waals surface area contributed by atoms with Gasteiger partial charge >= 0.3 is 5.97 Å². The molecule has 4 aromatic carbocycles. The van der Waals surface area contributed by atoms with Crippen molar-refractivity contribution in [2.24, 2.45) is 5.10 Å². The Balaban J connectivity index is 1.48. The second kappa shape index (κ2) is 11.1. The lowest BCUT2D eigenvalue weighted by Gasteiger charge is -2.11. The predicted molar refractivity (Wildman–Crippen MR) is 137 cm³/mol. The van der Waals surface area contributed by atoms with Crippen molar-refractivity contribution in [3.63, 3.8) is 0 Å². The first-order chi connectivity index (χ1) is 17.0. The highest BCUT2D eigenvalue weighted by Gasteiger charge is 2.14. The molecule has 176 valence electrons. The smallest absolute Gasteiger partial charge is 0.343 e. The molecule has 0 fully saturated rings. The van der Waals surface area contributed by atoms with E-state index in [9.17, 15) is 9.59 Å². The molecule has 0 heterocycles. The molecule has 1 N–H and O–H groups in total. The number of rotatable bonds is 8. The standard InChI is InChI=1S/C29H26N2O4/c1-3-21-11-14-24(15-12-21)34-19-28(32)31-30-18-26-25-10-5-4-8-22(25)13-16-27(26)35-29(33)23-9-6-7-20(2)17-23/h4-18H,3,19H2,1-2H3,(H,31,32). The molecule has 0 spiro atoms. The van der Waals surface area contributed by atoms with Gasteiger partial charge in [0, 0.05) is 5.56 Å². The molecule has 0 bridgehead atoms. The summed E-state index contributed by atoms with van der Waals surface area (Å²) in [6.45, 7) is 3.82. The van der Waals surface area contributed by atoms with E-state index >= 15 is 0 Å². The summed E-state index contributed by atoms with van der Waals surface area (Å²) < 4.78 is 11.2. The minimum Gasteiger partial charge on any atom is -0.484 e. The van der Waals surface area contributed by atoms with Crippen LogP contribution in [-0.4, -0.2) is 24.7 Å². The number of nitrogens with one attached hydrogen (secondary N) is 1. The van der Waals surface area contributed by atoms with Gasteiger partial charge in [0.05, 0.1) is 11.8 Å². The van der Waals surface area contributed by atoms with E-state index < -0.39 is 11.9 Å². The number of nitrogens with zero attached hydrogens (tertiary/aromatic N) is 1. The Morgan fingerprint density at radius 1 is 0.943 bits per heavy atom. The van der Waals surface area contributed by atoms with Gasteiger partial charge in [-0.3, -0.25) is 4.79 Å². The third kappa shape index (κ3) is 6.12. The van der Waals surface area contributed by atoms with Gasteiger partial charge in [-0.15, -0.1) is 0 Å². The highest BCUT2D eigenvalue weighted by molar-refractivity contribution is 6.04. The fourth-order valence-electron chi connectivity index (χ4n) is 3.60. The van der Waals surface area contributed by atoms with Crippen LogP contribution < -0.4 is 14.9 Å². The van der Waals surface area contributed by atoms with Crippen molar-refractivity contribution < 1.29 is 19.1 Å². The maximum absolute atomic E-state index is 12.7. The third-order valence-electron chi connectivity index (χ3n) is 5.47. The summed E-state index contributed by atoms with van der Waals surface area (Å²) in [4.78, 5) is 25.0. The minimum atomic E-state index is -0.467. The summed E-state index contributed by atoms with van der Waals surface area (Å²) in [6.07, 6.45) is 2.42. The van der Waals surface area contributed by atoms with Gasteiger partial charge in [0.1, 0.15) is 11.5 Å². The van der Waals surface area contributed by atoms with Crippen LogP contribution >= 0.6 is 0 Å². The van der Waals surface area contributed by atoms with Crippen molar-refractivity contribution >= 4 is 28.9 Å². The highest BCUT2D eigenvalue weighted by Crippen LogP contribution is 2.27. The average molecular weight is 467 g/mol. The van der Waals surface area contributed by atoms with Gasteiger partial charge in [0.15, 0.2) is 6.61 Å². The molecule has 35 heavy (non-hydrogen) atoms. The molecule has 0 unspecified atom stereocenters. The van der Waals surface area contributed by atoms with Gasteiger partial charge in [-0.25, -0.2) is 10.2 Å². The first-order valence-electron chi connectivity index (χ1n) is 11.4. The van der Waals surface area contributed by atoms with Crippen LogP contribution in [0.4, 0.5) is 0 Å². The third-order valence-corrected chi connectivity index (χ3v) is 5.47. The Morgan fingerprint density at radius 2 is 1.74 bits per heavy atom. The lowest BCUT2D eigenvalue weighted by atomic mass is 10.0. The van der Waals surface area contributed by atoms with Crippen LogP contribution in [0.5, 0.6) is 11.5 Å². The normalized spacial score (nSPS) is 10.9. The van der Waals surface area contributed by atoms with Crippen LogP contribution in [0.3, 0.4) is 0 Å². The maximum atomic E-state index is 12.7. The number of carbonyl (C=O) groups is 2. The zero-order chi connectivity index (χ0) is 24.6. The predicted octanol–water partition coefficient (Wildman–Crippen LogP) is 5.46. The summed E-state index contributed by atoms with van der Waals surface area (Å²) in [5, 5.41) is 5.88. The zero-order valence-corrected chi connectivity index (χ0v) is 19.7. The van der Waals surface area contributed by atoms with Crippen molar-refractivity contribution in [3.05, 3.63) is 107 Å². The monoisotopic (exact) mass is 466 g/mol. The number of hydrazone groups is 1. The molecule has 0 aromatic heterocycles. The van der Waals surface area contributed by atoms with Crippen molar-refractivity contribution in [2.75, 3.05) is 6.61 Å². The van der Waals surface area contributed by atoms with E-state index in [0.717, 1.165) is 22.8 Å². The number of benzene rings is 4. The van der Waals surface area contributed by atoms with Gasteiger partial charge in [0.25, 0.3) is 5.91 Å². The summed E-state index contributed by atoms with van der Waals surface area (Å²) in [7, 11) is 0. The van der Waals surface area contributed by atoms with E-state index in [1.165, 1.54) is 11.8 Å². The molecular weight excluding hydrogens is 440 g/mol. The van der Waals surface area contributed by atoms with Crippen molar-refractivity contribution in [2.45, 2.75) is 20.3 Å². The van der Waals surface area contributed by atoms with E-state index in [0.29, 0.717) is 22.6 Å².